The van der Waals surface area contributed by atoms with Crippen LogP contribution in [0.2, 0.25) is 0 Å². The van der Waals surface area contributed by atoms with Gasteiger partial charge in [-0.15, -0.1) is 0 Å². The zero-order valence-electron chi connectivity index (χ0n) is 2.13. The fourth-order valence-corrected chi connectivity index (χ4v) is 1.67. The molecule has 1 heterocycles. The maximum absolute atomic E-state index is 9.80. The van der Waals surface area contributed by atoms with Gasteiger partial charge >= 0.3 is 4.06 Å². The van der Waals surface area contributed by atoms with Gasteiger partial charge in [-0.3, -0.25) is 4.79 Å². The highest BCUT2D eigenvalue weighted by atomic mass is 33.3. The third-order valence-electron chi connectivity index (χ3n) is 0.204. The molecule has 0 radical (unpaired) electrons. The van der Waals surface area contributed by atoms with E-state index in [2.05, 4.69) is 0 Å². The molecule has 0 bridgehead atoms. The van der Waals surface area contributed by atoms with Crippen LogP contribution in [0.25, 0.3) is 0 Å². The van der Waals surface area contributed by atoms with Gasteiger partial charge in [0.2, 0.25) is 0 Å². The first kappa shape index (κ1) is 3.52. The van der Waals surface area contributed by atoms with Crippen LogP contribution in [-0.4, -0.2) is 0 Å². The van der Waals surface area contributed by atoms with E-state index in [1.807, 2.05) is 0 Å². The van der Waals surface area contributed by atoms with E-state index < -0.39 is 0 Å². The van der Waals surface area contributed by atoms with Crippen LogP contribution in [0.1, 0.15) is 0 Å². The molecule has 0 aliphatic carbocycles. The van der Waals surface area contributed by atoms with Crippen LogP contribution >= 0.6 is 30.0 Å². The fourth-order valence-electron chi connectivity index (χ4n) is 0.0618. The lowest BCUT2D eigenvalue weighted by Crippen LogP contribution is -1.79. The summed E-state index contributed by atoms with van der Waals surface area (Å²) in [6, 6.07) is 0. The van der Waals surface area contributed by atoms with Gasteiger partial charge in [0.05, 0.1) is 0 Å². The van der Waals surface area contributed by atoms with Gasteiger partial charge in [-0.05, 0) is 30.0 Å². The molecule has 4 heteroatoms. The van der Waals surface area contributed by atoms with Crippen molar-refractivity contribution >= 4 is 30.0 Å². The second kappa shape index (κ2) is 1.20. The summed E-state index contributed by atoms with van der Waals surface area (Å²) in [7, 11) is 4.13. The van der Waals surface area contributed by atoms with Crippen molar-refractivity contribution in [3.63, 3.8) is 0 Å². The van der Waals surface area contributed by atoms with Gasteiger partial charge in [-0.1, -0.05) is 0 Å². The van der Waals surface area contributed by atoms with Crippen molar-refractivity contribution in [2.75, 3.05) is 0 Å². The standard InChI is InChI=1S/COS3/c2-1-3-5-4-1. The van der Waals surface area contributed by atoms with Crippen LogP contribution in [0, 0.1) is 0 Å². The lowest BCUT2D eigenvalue weighted by atomic mass is 11.8. The largest absolute Gasteiger partial charge is 0.308 e. The average molecular weight is 124 g/mol. The molecule has 0 unspecified atom stereocenters. The van der Waals surface area contributed by atoms with E-state index in [9.17, 15) is 4.79 Å². The van der Waals surface area contributed by atoms with Gasteiger partial charge in [0.1, 0.15) is 0 Å². The van der Waals surface area contributed by atoms with E-state index in [1.54, 1.807) is 0 Å². The van der Waals surface area contributed by atoms with Gasteiger partial charge in [0.15, 0.2) is 0 Å². The molecule has 0 aromatic carbocycles. The molecule has 0 atom stereocenters. The molecule has 5 heavy (non-hydrogen) atoms. The molecular formula is COS3. The Hall–Kier alpha value is 0.330. The van der Waals surface area contributed by atoms with E-state index in [4.69, 9.17) is 0 Å². The Kier molecular flexibility index (Phi) is 0.843. The molecule has 1 nitrogen and oxygen atoms in total. The predicted octanol–water partition coefficient (Wildman–Crippen LogP) is 1.23. The Morgan fingerprint density at radius 1 is 1.40 bits per heavy atom. The normalized spacial score (nSPS) is 8.80. The lowest BCUT2D eigenvalue weighted by molar-refractivity contribution is 2.25. The first-order valence-electron chi connectivity index (χ1n) is 0.946. The fraction of sp³-hybridized carbons (Fsp3) is 0. The summed E-state index contributed by atoms with van der Waals surface area (Å²) in [5.41, 5.74) is 0. The third kappa shape index (κ3) is 0.587. The van der Waals surface area contributed by atoms with E-state index in [0.29, 0.717) is 0 Å². The summed E-state index contributed by atoms with van der Waals surface area (Å²) in [6.45, 7) is 0. The first-order chi connectivity index (χ1) is 2.39. The van der Waals surface area contributed by atoms with Gasteiger partial charge in [-0.25, -0.2) is 0 Å². The van der Waals surface area contributed by atoms with E-state index in [1.165, 1.54) is 30.0 Å². The van der Waals surface area contributed by atoms with Crippen molar-refractivity contribution in [1.82, 2.24) is 0 Å². The topological polar surface area (TPSA) is 17.1 Å². The molecule has 0 aliphatic rings. The maximum Gasteiger partial charge on any atom is 0.308 e. The van der Waals surface area contributed by atoms with Crippen molar-refractivity contribution in [2.24, 2.45) is 0 Å². The summed E-state index contributed by atoms with van der Waals surface area (Å²) < 4.78 is 0.231. The highest BCUT2D eigenvalue weighted by Gasteiger charge is 1.80. The Labute approximate surface area is 39.3 Å². The van der Waals surface area contributed by atoms with Crippen molar-refractivity contribution in [3.05, 3.63) is 8.85 Å². The van der Waals surface area contributed by atoms with Crippen LogP contribution in [0.15, 0.2) is 4.79 Å². The monoisotopic (exact) mass is 124 g/mol. The lowest BCUT2D eigenvalue weighted by Gasteiger charge is -1.66. The molecule has 0 fully saturated rings. The minimum atomic E-state index is 0.231. The van der Waals surface area contributed by atoms with Gasteiger partial charge in [-0.2, -0.15) is 0 Å². The highest BCUT2D eigenvalue weighted by molar-refractivity contribution is 8.00. The molecule has 28 valence electrons. The molecule has 0 saturated heterocycles. The Bertz CT molecular complexity index is 121. The van der Waals surface area contributed by atoms with E-state index >= 15 is 0 Å². The molecular weight excluding hydrogens is 124 g/mol. The molecule has 0 aliphatic heterocycles. The molecule has 0 spiro atoms. The Balaban J connectivity index is 3.29. The van der Waals surface area contributed by atoms with Gasteiger partial charge < -0.3 is 0 Å². The number of hydrogen-bond acceptors (Lipinski definition) is 4. The highest BCUT2D eigenvalue weighted by Crippen LogP contribution is 2.06. The van der Waals surface area contributed by atoms with E-state index in [0.717, 1.165) is 0 Å². The Morgan fingerprint density at radius 2 is 1.80 bits per heavy atom. The number of rotatable bonds is 0. The maximum atomic E-state index is 9.80. The first-order valence-corrected chi connectivity index (χ1v) is 4.43. The van der Waals surface area contributed by atoms with Gasteiger partial charge in [0, 0.05) is 0 Å². The summed E-state index contributed by atoms with van der Waals surface area (Å²) in [5.74, 6) is 0. The summed E-state index contributed by atoms with van der Waals surface area (Å²) in [6.07, 6.45) is 0. The Morgan fingerprint density at radius 3 is 1.80 bits per heavy atom. The van der Waals surface area contributed by atoms with Crippen molar-refractivity contribution in [2.45, 2.75) is 0 Å². The smallest absolute Gasteiger partial charge is 0.264 e. The molecule has 1 aromatic heterocycles. The second-order valence-corrected chi connectivity index (χ2v) is 4.59. The molecule has 0 N–H and O–H groups in total. The van der Waals surface area contributed by atoms with Gasteiger partial charge in [0.25, 0.3) is 0 Å². The van der Waals surface area contributed by atoms with Crippen LogP contribution in [0.3, 0.4) is 0 Å². The zero-order valence-corrected chi connectivity index (χ0v) is 4.58. The third-order valence-corrected chi connectivity index (χ3v) is 4.29. The van der Waals surface area contributed by atoms with Crippen molar-refractivity contribution in [3.8, 4) is 0 Å². The van der Waals surface area contributed by atoms with Crippen LogP contribution in [0.4, 0.5) is 0 Å². The zero-order chi connectivity index (χ0) is 3.70. The number of hydrogen-bond donors (Lipinski definition) is 0. The van der Waals surface area contributed by atoms with Crippen LogP contribution < -0.4 is 4.06 Å². The predicted molar refractivity (Wildman–Crippen MR) is 26.3 cm³/mol. The summed E-state index contributed by atoms with van der Waals surface area (Å²) >= 11 is 0. The van der Waals surface area contributed by atoms with Crippen molar-refractivity contribution < 1.29 is 0 Å². The minimum Gasteiger partial charge on any atom is -0.264 e. The quantitative estimate of drug-likeness (QED) is 0.475. The molecule has 1 rings (SSSR count). The second-order valence-electron chi connectivity index (χ2n) is 0.485. The summed E-state index contributed by atoms with van der Waals surface area (Å²) in [5, 5.41) is 0. The molecule has 0 saturated carbocycles. The van der Waals surface area contributed by atoms with Crippen LogP contribution in [0.5, 0.6) is 0 Å². The molecule has 0 amide bonds. The SMILES string of the molecule is O=c1sss1. The van der Waals surface area contributed by atoms with Crippen molar-refractivity contribution in [1.29, 1.82) is 0 Å². The molecule has 1 aromatic rings. The summed E-state index contributed by atoms with van der Waals surface area (Å²) in [4.78, 5) is 9.80. The van der Waals surface area contributed by atoms with Crippen LogP contribution in [-0.2, 0) is 0 Å². The minimum absolute atomic E-state index is 0.231. The average Bonchev–Trinajstić information content (AvgIpc) is 1.30. The van der Waals surface area contributed by atoms with E-state index in [-0.39, 0.29) is 4.06 Å².